The molecule has 0 heterocycles. The first kappa shape index (κ1) is 8.63. The molecule has 16 heavy (non-hydrogen) atoms. The summed E-state index contributed by atoms with van der Waals surface area (Å²) in [6.07, 6.45) is 9.49. The summed E-state index contributed by atoms with van der Waals surface area (Å²) in [5.41, 5.74) is 2.92. The van der Waals surface area contributed by atoms with E-state index in [0.717, 1.165) is 17.6 Å². The van der Waals surface area contributed by atoms with Crippen molar-refractivity contribution < 1.29 is 4.74 Å². The van der Waals surface area contributed by atoms with Gasteiger partial charge in [0.05, 0.1) is 7.11 Å². The van der Waals surface area contributed by atoms with Gasteiger partial charge in [-0.3, -0.25) is 0 Å². The fraction of sp³-hybridized carbons (Fsp3) is 0.333. The third-order valence-corrected chi connectivity index (χ3v) is 4.37. The molecule has 0 aromatic heterocycles. The van der Waals surface area contributed by atoms with Gasteiger partial charge in [0.2, 0.25) is 0 Å². The predicted molar refractivity (Wildman–Crippen MR) is 63.7 cm³/mol. The van der Waals surface area contributed by atoms with Crippen LogP contribution in [-0.2, 0) is 0 Å². The van der Waals surface area contributed by atoms with Gasteiger partial charge in [-0.25, -0.2) is 0 Å². The molecular weight excluding hydrogens is 196 g/mol. The second-order valence-corrected chi connectivity index (χ2v) is 4.94. The molecule has 1 aromatic rings. The molecule has 4 atom stereocenters. The Morgan fingerprint density at radius 1 is 0.938 bits per heavy atom. The molecule has 1 aromatic carbocycles. The Hall–Kier alpha value is -1.50. The summed E-state index contributed by atoms with van der Waals surface area (Å²) in [5, 5.41) is 0. The minimum Gasteiger partial charge on any atom is -0.496 e. The minimum absolute atomic E-state index is 0.547. The van der Waals surface area contributed by atoms with E-state index in [4.69, 9.17) is 4.74 Å². The molecule has 0 N–H and O–H groups in total. The maximum absolute atomic E-state index is 5.51. The summed E-state index contributed by atoms with van der Waals surface area (Å²) in [7, 11) is 1.77. The van der Waals surface area contributed by atoms with E-state index < -0.39 is 0 Å². The van der Waals surface area contributed by atoms with Gasteiger partial charge in [0, 0.05) is 17.4 Å². The Labute approximate surface area is 95.4 Å². The molecule has 2 bridgehead atoms. The van der Waals surface area contributed by atoms with Crippen molar-refractivity contribution in [2.24, 2.45) is 11.8 Å². The van der Waals surface area contributed by atoms with Crippen molar-refractivity contribution in [1.82, 2.24) is 0 Å². The van der Waals surface area contributed by atoms with Gasteiger partial charge in [0.25, 0.3) is 0 Å². The number of ether oxygens (including phenoxy) is 1. The van der Waals surface area contributed by atoms with Crippen LogP contribution >= 0.6 is 0 Å². The van der Waals surface area contributed by atoms with Crippen LogP contribution in [0.1, 0.15) is 23.0 Å². The maximum atomic E-state index is 5.51. The van der Waals surface area contributed by atoms with Crippen LogP contribution < -0.4 is 4.74 Å². The highest BCUT2D eigenvalue weighted by molar-refractivity contribution is 5.56. The first-order valence-corrected chi connectivity index (χ1v) is 5.93. The number of allylic oxidation sites excluding steroid dienone is 4. The largest absolute Gasteiger partial charge is 0.496 e. The van der Waals surface area contributed by atoms with Crippen LogP contribution in [0, 0.1) is 11.8 Å². The number of hydrogen-bond donors (Lipinski definition) is 0. The van der Waals surface area contributed by atoms with Crippen LogP contribution in [0.3, 0.4) is 0 Å². The van der Waals surface area contributed by atoms with Gasteiger partial charge in [0.1, 0.15) is 5.75 Å². The lowest BCUT2D eigenvalue weighted by Crippen LogP contribution is -2.37. The normalized spacial score (nSPS) is 36.6. The molecule has 0 spiro atoms. The van der Waals surface area contributed by atoms with Gasteiger partial charge in [-0.05, 0) is 23.5 Å². The Kier molecular flexibility index (Phi) is 1.50. The molecule has 0 unspecified atom stereocenters. The molecule has 4 aliphatic rings. The van der Waals surface area contributed by atoms with Crippen molar-refractivity contribution in [2.45, 2.75) is 11.8 Å². The number of benzene rings is 1. The quantitative estimate of drug-likeness (QED) is 0.646. The van der Waals surface area contributed by atoms with Crippen molar-refractivity contribution in [3.63, 3.8) is 0 Å². The second kappa shape index (κ2) is 2.79. The molecule has 80 valence electrons. The lowest BCUT2D eigenvalue weighted by atomic mass is 9.55. The van der Waals surface area contributed by atoms with E-state index in [9.17, 15) is 0 Å². The van der Waals surface area contributed by atoms with E-state index >= 15 is 0 Å². The molecule has 1 heteroatoms. The fourth-order valence-corrected chi connectivity index (χ4v) is 3.57. The Morgan fingerprint density at radius 2 is 1.69 bits per heavy atom. The summed E-state index contributed by atoms with van der Waals surface area (Å²) >= 11 is 0. The first-order chi connectivity index (χ1) is 7.90. The fourth-order valence-electron chi connectivity index (χ4n) is 3.57. The molecule has 0 saturated carbocycles. The third kappa shape index (κ3) is 0.835. The summed E-state index contributed by atoms with van der Waals surface area (Å²) < 4.78 is 5.51. The lowest BCUT2D eigenvalue weighted by molar-refractivity contribution is 0.305. The van der Waals surface area contributed by atoms with E-state index in [2.05, 4.69) is 42.5 Å². The summed E-state index contributed by atoms with van der Waals surface area (Å²) in [6, 6.07) is 6.47. The predicted octanol–water partition coefficient (Wildman–Crippen LogP) is 3.25. The van der Waals surface area contributed by atoms with Crippen molar-refractivity contribution in [1.29, 1.82) is 0 Å². The number of rotatable bonds is 1. The topological polar surface area (TPSA) is 9.23 Å². The average molecular weight is 210 g/mol. The highest BCUT2D eigenvalue weighted by Crippen LogP contribution is 2.58. The van der Waals surface area contributed by atoms with Crippen LogP contribution in [0.4, 0.5) is 0 Å². The third-order valence-electron chi connectivity index (χ3n) is 4.37. The second-order valence-electron chi connectivity index (χ2n) is 4.94. The van der Waals surface area contributed by atoms with Gasteiger partial charge in [-0.2, -0.15) is 0 Å². The standard InChI is InChI=1S/C15H14O/c1-16-14-4-2-3-12-10-7-8-13(15(12)14)11-6-5-9(10)11/h2-11,13H,1H3/t9-,10-,11+,13+/m1/s1. The van der Waals surface area contributed by atoms with Crippen molar-refractivity contribution in [3.8, 4) is 5.75 Å². The summed E-state index contributed by atoms with van der Waals surface area (Å²) in [6.45, 7) is 0. The zero-order valence-electron chi connectivity index (χ0n) is 9.26. The molecule has 0 aliphatic heterocycles. The summed E-state index contributed by atoms with van der Waals surface area (Å²) in [5.74, 6) is 3.67. The van der Waals surface area contributed by atoms with Gasteiger partial charge < -0.3 is 4.74 Å². The van der Waals surface area contributed by atoms with Crippen LogP contribution in [0.2, 0.25) is 0 Å². The summed E-state index contributed by atoms with van der Waals surface area (Å²) in [4.78, 5) is 0. The Morgan fingerprint density at radius 3 is 2.44 bits per heavy atom. The van der Waals surface area contributed by atoms with Gasteiger partial charge in [0.15, 0.2) is 0 Å². The zero-order chi connectivity index (χ0) is 10.7. The van der Waals surface area contributed by atoms with Gasteiger partial charge in [-0.15, -0.1) is 0 Å². The van der Waals surface area contributed by atoms with Crippen molar-refractivity contribution >= 4 is 0 Å². The molecule has 0 amide bonds. The number of methoxy groups -OCH3 is 1. The van der Waals surface area contributed by atoms with E-state index in [1.165, 1.54) is 11.1 Å². The SMILES string of the molecule is COc1cccc2c1[C@H]1C=C[C@@H]2[C@H]2C=C[C@@H]21. The monoisotopic (exact) mass is 210 g/mol. The van der Waals surface area contributed by atoms with Crippen LogP contribution in [0.15, 0.2) is 42.5 Å². The smallest absolute Gasteiger partial charge is 0.122 e. The van der Waals surface area contributed by atoms with E-state index in [1.54, 1.807) is 7.11 Å². The Bertz CT molecular complexity index is 512. The van der Waals surface area contributed by atoms with Crippen LogP contribution in [0.25, 0.3) is 0 Å². The lowest BCUT2D eigenvalue weighted by Gasteiger charge is -2.48. The average Bonchev–Trinajstić information content (AvgIpc) is 2.28. The molecule has 0 radical (unpaired) electrons. The molecule has 4 aliphatic carbocycles. The highest BCUT2D eigenvalue weighted by atomic mass is 16.5. The Balaban J connectivity index is 1.97. The van der Waals surface area contributed by atoms with E-state index in [0.29, 0.717) is 11.8 Å². The van der Waals surface area contributed by atoms with E-state index in [-0.39, 0.29) is 0 Å². The molecule has 5 rings (SSSR count). The minimum atomic E-state index is 0.547. The van der Waals surface area contributed by atoms with Crippen LogP contribution in [-0.4, -0.2) is 7.11 Å². The molecular formula is C15H14O. The zero-order valence-corrected chi connectivity index (χ0v) is 9.26. The highest BCUT2D eigenvalue weighted by Gasteiger charge is 2.46. The molecule has 0 saturated heterocycles. The van der Waals surface area contributed by atoms with E-state index in [1.807, 2.05) is 0 Å². The van der Waals surface area contributed by atoms with Crippen molar-refractivity contribution in [2.75, 3.05) is 7.11 Å². The van der Waals surface area contributed by atoms with Gasteiger partial charge >= 0.3 is 0 Å². The van der Waals surface area contributed by atoms with Crippen molar-refractivity contribution in [3.05, 3.63) is 53.6 Å². The molecule has 1 nitrogen and oxygen atoms in total. The van der Waals surface area contributed by atoms with Crippen LogP contribution in [0.5, 0.6) is 5.75 Å². The van der Waals surface area contributed by atoms with Gasteiger partial charge in [-0.1, -0.05) is 36.4 Å². The first-order valence-electron chi connectivity index (χ1n) is 5.93. The maximum Gasteiger partial charge on any atom is 0.122 e. The molecule has 0 fully saturated rings. The number of hydrogen-bond acceptors (Lipinski definition) is 1.